The first-order chi connectivity index (χ1) is 15.9. The van der Waals surface area contributed by atoms with Gasteiger partial charge in [0, 0.05) is 12.3 Å². The molecular weight excluding hydrogens is 448 g/mol. The second-order valence-electron chi connectivity index (χ2n) is 11.9. The average Bonchev–Trinajstić information content (AvgIpc) is 3.49. The molecule has 1 aliphatic heterocycles. The number of epoxide rings is 1. The Morgan fingerprint density at radius 3 is 2.53 bits per heavy atom. The summed E-state index contributed by atoms with van der Waals surface area (Å²) in [5, 5.41) is 35.0. The van der Waals surface area contributed by atoms with E-state index in [0.717, 1.165) is 6.42 Å². The molecule has 34 heavy (non-hydrogen) atoms. The Morgan fingerprint density at radius 2 is 1.82 bits per heavy atom. The second kappa shape index (κ2) is 6.58. The molecule has 0 bridgehead atoms. The van der Waals surface area contributed by atoms with E-state index in [9.17, 15) is 24.9 Å². The molecule has 0 aromatic heterocycles. The summed E-state index contributed by atoms with van der Waals surface area (Å²) in [7, 11) is -2.09. The number of benzene rings is 1. The molecule has 0 amide bonds. The zero-order valence-electron chi connectivity index (χ0n) is 19.8. The molecule has 1 saturated heterocycles. The van der Waals surface area contributed by atoms with Crippen LogP contribution in [-0.4, -0.2) is 57.9 Å². The highest BCUT2D eigenvalue weighted by molar-refractivity contribution is 6.92. The molecule has 5 aliphatic rings. The minimum absolute atomic E-state index is 0.117. The van der Waals surface area contributed by atoms with E-state index in [2.05, 4.69) is 32.2 Å². The van der Waals surface area contributed by atoms with Gasteiger partial charge >= 0.3 is 0 Å². The summed E-state index contributed by atoms with van der Waals surface area (Å²) in [6.07, 6.45) is 5.03. The van der Waals surface area contributed by atoms with Crippen LogP contribution in [0.3, 0.4) is 0 Å². The molecule has 1 aromatic carbocycles. The molecule has 4 fully saturated rings. The lowest BCUT2D eigenvalue weighted by atomic mass is 9.49. The fourth-order valence-electron chi connectivity index (χ4n) is 7.90. The fourth-order valence-corrected chi connectivity index (χ4v) is 11.1. The molecule has 1 aromatic rings. The molecule has 0 spiro atoms. The maximum absolute atomic E-state index is 13.9. The van der Waals surface area contributed by atoms with Crippen molar-refractivity contribution in [2.75, 3.05) is 0 Å². The number of allylic oxidation sites excluding steroid dienone is 4. The van der Waals surface area contributed by atoms with E-state index in [1.165, 1.54) is 11.3 Å². The van der Waals surface area contributed by atoms with Gasteiger partial charge in [-0.05, 0) is 30.4 Å². The molecule has 3 saturated carbocycles. The number of ketones is 2. The second-order valence-corrected chi connectivity index (χ2v) is 16.9. The Hall–Kier alpha value is -2.06. The number of hydrogen-bond acceptors (Lipinski definition) is 6. The quantitative estimate of drug-likeness (QED) is 0.444. The third-order valence-electron chi connectivity index (χ3n) is 10.3. The summed E-state index contributed by atoms with van der Waals surface area (Å²) in [6.45, 7) is 6.81. The first kappa shape index (κ1) is 22.4. The third-order valence-corrected chi connectivity index (χ3v) is 15.5. The molecule has 7 heteroatoms. The van der Waals surface area contributed by atoms with Crippen LogP contribution in [0, 0.1) is 17.8 Å². The topological polar surface area (TPSA) is 107 Å². The standard InChI is InChI=1S/C27H32O6Si/c1-24(34(2,3)16-8-5-4-6-9-16)13-12-19-25(32,15-24)20(29)14-26-23(31)21-17(10-7-11-18(21)28)22(30)27(19,26)33-26/h4-11,17,19-21,28-29,32H,12-15H2,1-3H3. The van der Waals surface area contributed by atoms with Gasteiger partial charge in [-0.1, -0.05) is 67.7 Å². The normalized spacial score (nSPS) is 47.1. The smallest absolute Gasteiger partial charge is 0.179 e. The van der Waals surface area contributed by atoms with Crippen LogP contribution in [-0.2, 0) is 14.3 Å². The highest BCUT2D eigenvalue weighted by Gasteiger charge is 2.90. The fraction of sp³-hybridized carbons (Fsp3) is 0.556. The summed E-state index contributed by atoms with van der Waals surface area (Å²) >= 11 is 0. The lowest BCUT2D eigenvalue weighted by Gasteiger charge is -2.59. The van der Waals surface area contributed by atoms with Crippen LogP contribution in [0.1, 0.15) is 32.6 Å². The SMILES string of the molecule is CC1([Si](C)(C)c2ccccc2)CCC2C(O)(C1)C(O)CC13OC21C(=O)C1C=CC=C(O)C1C3=O. The van der Waals surface area contributed by atoms with E-state index >= 15 is 0 Å². The molecule has 0 radical (unpaired) electrons. The van der Waals surface area contributed by atoms with Crippen molar-refractivity contribution < 1.29 is 29.6 Å². The molecular formula is C27H32O6Si. The molecule has 6 nitrogen and oxygen atoms in total. The number of ether oxygens (including phenoxy) is 1. The molecule has 4 aliphatic carbocycles. The molecule has 6 rings (SSSR count). The van der Waals surface area contributed by atoms with E-state index in [1.54, 1.807) is 12.2 Å². The number of carbonyl (C=O) groups excluding carboxylic acids is 2. The van der Waals surface area contributed by atoms with Crippen molar-refractivity contribution in [3.63, 3.8) is 0 Å². The number of carbonyl (C=O) groups is 2. The van der Waals surface area contributed by atoms with Crippen LogP contribution in [0.15, 0.2) is 54.3 Å². The van der Waals surface area contributed by atoms with Gasteiger partial charge in [0.15, 0.2) is 22.8 Å². The van der Waals surface area contributed by atoms with Crippen molar-refractivity contribution in [3.8, 4) is 0 Å². The van der Waals surface area contributed by atoms with Crippen molar-refractivity contribution in [1.29, 1.82) is 0 Å². The Labute approximate surface area is 200 Å². The number of hydrogen-bond donors (Lipinski definition) is 3. The number of aliphatic hydroxyl groups excluding tert-OH is 2. The lowest BCUT2D eigenvalue weighted by Crippen LogP contribution is -2.72. The minimum atomic E-state index is -2.09. The predicted molar refractivity (Wildman–Crippen MR) is 128 cm³/mol. The van der Waals surface area contributed by atoms with Crippen molar-refractivity contribution >= 4 is 24.8 Å². The van der Waals surface area contributed by atoms with Crippen molar-refractivity contribution in [2.24, 2.45) is 17.8 Å². The van der Waals surface area contributed by atoms with Gasteiger partial charge in [0.05, 0.1) is 31.6 Å². The Bertz CT molecular complexity index is 1160. The van der Waals surface area contributed by atoms with Crippen LogP contribution >= 0.6 is 0 Å². The molecule has 180 valence electrons. The van der Waals surface area contributed by atoms with Crippen molar-refractivity contribution in [1.82, 2.24) is 0 Å². The van der Waals surface area contributed by atoms with Crippen molar-refractivity contribution in [3.05, 3.63) is 54.3 Å². The number of aliphatic hydroxyl groups is 3. The first-order valence-corrected chi connectivity index (χ1v) is 15.3. The van der Waals surface area contributed by atoms with Crippen LogP contribution in [0.25, 0.3) is 0 Å². The monoisotopic (exact) mass is 480 g/mol. The largest absolute Gasteiger partial charge is 0.512 e. The van der Waals surface area contributed by atoms with Crippen molar-refractivity contribution in [2.45, 2.75) is 73.6 Å². The van der Waals surface area contributed by atoms with Gasteiger partial charge in [0.1, 0.15) is 5.76 Å². The number of Topliss-reactive ketones (excluding diaryl/α,β-unsaturated/α-hetero) is 2. The summed E-state index contributed by atoms with van der Waals surface area (Å²) in [6, 6.07) is 10.4. The van der Waals surface area contributed by atoms with Gasteiger partial charge < -0.3 is 20.1 Å². The summed E-state index contributed by atoms with van der Waals surface area (Å²) < 4.78 is 6.14. The summed E-state index contributed by atoms with van der Waals surface area (Å²) in [4.78, 5) is 27.5. The Kier molecular flexibility index (Phi) is 4.33. The maximum Gasteiger partial charge on any atom is 0.179 e. The van der Waals surface area contributed by atoms with Crippen LogP contribution < -0.4 is 5.19 Å². The van der Waals surface area contributed by atoms with Gasteiger partial charge in [-0.2, -0.15) is 0 Å². The van der Waals surface area contributed by atoms with E-state index in [-0.39, 0.29) is 28.8 Å². The van der Waals surface area contributed by atoms with Gasteiger partial charge in [0.25, 0.3) is 0 Å². The zero-order valence-corrected chi connectivity index (χ0v) is 20.8. The first-order valence-electron chi connectivity index (χ1n) is 12.3. The van der Waals surface area contributed by atoms with E-state index in [0.29, 0.717) is 12.8 Å². The van der Waals surface area contributed by atoms with Crippen LogP contribution in [0.5, 0.6) is 0 Å². The average molecular weight is 481 g/mol. The number of rotatable bonds is 2. The molecule has 8 atom stereocenters. The van der Waals surface area contributed by atoms with Crippen LogP contribution in [0.2, 0.25) is 18.1 Å². The predicted octanol–water partition coefficient (Wildman–Crippen LogP) is 2.56. The molecule has 8 unspecified atom stereocenters. The van der Waals surface area contributed by atoms with E-state index < -0.39 is 48.7 Å². The van der Waals surface area contributed by atoms with Gasteiger partial charge in [-0.15, -0.1) is 0 Å². The van der Waals surface area contributed by atoms with E-state index in [4.69, 9.17) is 4.74 Å². The summed E-state index contributed by atoms with van der Waals surface area (Å²) in [5.41, 5.74) is -4.39. The number of fused-ring (bicyclic) bond motifs is 2. The minimum Gasteiger partial charge on any atom is -0.512 e. The molecule has 3 N–H and O–H groups in total. The van der Waals surface area contributed by atoms with E-state index in [1.807, 2.05) is 18.2 Å². The third kappa shape index (κ3) is 2.37. The lowest BCUT2D eigenvalue weighted by molar-refractivity contribution is -0.184. The van der Waals surface area contributed by atoms with Gasteiger partial charge in [-0.25, -0.2) is 0 Å². The Balaban J connectivity index is 1.40. The van der Waals surface area contributed by atoms with Gasteiger partial charge in [-0.3, -0.25) is 9.59 Å². The highest BCUT2D eigenvalue weighted by atomic mass is 28.3. The molecule has 1 heterocycles. The van der Waals surface area contributed by atoms with Crippen LogP contribution in [0.4, 0.5) is 0 Å². The zero-order chi connectivity index (χ0) is 24.3. The van der Waals surface area contributed by atoms with Gasteiger partial charge in [0.2, 0.25) is 0 Å². The Morgan fingerprint density at radius 1 is 1.12 bits per heavy atom. The summed E-state index contributed by atoms with van der Waals surface area (Å²) in [5.74, 6) is -3.14. The maximum atomic E-state index is 13.9. The highest BCUT2D eigenvalue weighted by Crippen LogP contribution is 2.73.